The van der Waals surface area contributed by atoms with Crippen LogP contribution >= 0.6 is 0 Å². The number of nitrogens with zero attached hydrogens (tertiary/aromatic N) is 1. The summed E-state index contributed by atoms with van der Waals surface area (Å²) in [6.45, 7) is 5.78. The third-order valence-electron chi connectivity index (χ3n) is 5.72. The largest absolute Gasteiger partial charge is 0.491 e. The molecule has 2 aromatic carbocycles. The van der Waals surface area contributed by atoms with Gasteiger partial charge in [-0.1, -0.05) is 37.3 Å². The van der Waals surface area contributed by atoms with Crippen LogP contribution in [0.15, 0.2) is 48.5 Å². The normalized spacial score (nSPS) is 22.2. The van der Waals surface area contributed by atoms with Gasteiger partial charge < -0.3 is 25.0 Å². The Bertz CT molecular complexity index is 919. The summed E-state index contributed by atoms with van der Waals surface area (Å²) >= 11 is 0. The van der Waals surface area contributed by atoms with E-state index >= 15 is 0 Å². The topological polar surface area (TPSA) is 79.9 Å². The van der Waals surface area contributed by atoms with Crippen LogP contribution in [0, 0.1) is 5.92 Å². The van der Waals surface area contributed by atoms with Crippen molar-refractivity contribution in [3.05, 3.63) is 59.7 Å². The Labute approximate surface area is 190 Å². The number of ether oxygens (including phenoxy) is 2. The summed E-state index contributed by atoms with van der Waals surface area (Å²) in [6, 6.07) is 14.8. The minimum Gasteiger partial charge on any atom is -0.491 e. The van der Waals surface area contributed by atoms with Crippen molar-refractivity contribution in [3.63, 3.8) is 0 Å². The number of hydrogen-bond donors (Lipinski definition) is 2. The van der Waals surface area contributed by atoms with Crippen molar-refractivity contribution in [2.24, 2.45) is 5.92 Å². The third-order valence-corrected chi connectivity index (χ3v) is 5.72. The molecule has 0 aromatic heterocycles. The number of carbonyl (C=O) groups is 2. The maximum Gasteiger partial charge on any atom is 0.257 e. The van der Waals surface area contributed by atoms with E-state index in [2.05, 4.69) is 17.6 Å². The average molecular weight is 440 g/mol. The van der Waals surface area contributed by atoms with Crippen LogP contribution in [0.3, 0.4) is 0 Å². The van der Waals surface area contributed by atoms with Crippen LogP contribution in [0.25, 0.3) is 0 Å². The minimum atomic E-state index is -0.141. The number of rotatable bonds is 4. The first kappa shape index (κ1) is 23.8. The molecule has 2 amide bonds. The second kappa shape index (κ2) is 11.1. The summed E-state index contributed by atoms with van der Waals surface area (Å²) in [7, 11) is 3.44. The fraction of sp³-hybridized carbons (Fsp3) is 0.440. The molecule has 0 saturated carbocycles. The van der Waals surface area contributed by atoms with E-state index in [9.17, 15) is 9.59 Å². The Morgan fingerprint density at radius 1 is 1.22 bits per heavy atom. The van der Waals surface area contributed by atoms with Crippen molar-refractivity contribution in [1.82, 2.24) is 10.2 Å². The van der Waals surface area contributed by atoms with Gasteiger partial charge in [-0.2, -0.15) is 0 Å². The molecule has 7 heteroatoms. The molecule has 1 aliphatic heterocycles. The maximum atomic E-state index is 13.2. The van der Waals surface area contributed by atoms with Gasteiger partial charge in [-0.3, -0.25) is 9.59 Å². The molecule has 2 aromatic rings. The van der Waals surface area contributed by atoms with E-state index in [1.165, 1.54) is 0 Å². The van der Waals surface area contributed by atoms with E-state index in [4.69, 9.17) is 9.47 Å². The quantitative estimate of drug-likeness (QED) is 0.766. The third kappa shape index (κ3) is 6.31. The van der Waals surface area contributed by atoms with E-state index in [1.54, 1.807) is 37.3 Å². The summed E-state index contributed by atoms with van der Waals surface area (Å²) in [5.41, 5.74) is 1.99. The Kier molecular flexibility index (Phi) is 8.25. The zero-order valence-corrected chi connectivity index (χ0v) is 19.3. The second-order valence-electron chi connectivity index (χ2n) is 8.48. The zero-order valence-electron chi connectivity index (χ0n) is 19.3. The molecule has 32 heavy (non-hydrogen) atoms. The van der Waals surface area contributed by atoms with E-state index in [1.807, 2.05) is 37.3 Å². The Morgan fingerprint density at radius 2 is 1.97 bits per heavy atom. The van der Waals surface area contributed by atoms with Crippen LogP contribution < -0.4 is 15.4 Å². The molecule has 1 heterocycles. The van der Waals surface area contributed by atoms with Gasteiger partial charge in [-0.25, -0.2) is 0 Å². The van der Waals surface area contributed by atoms with Gasteiger partial charge >= 0.3 is 0 Å². The number of benzene rings is 2. The van der Waals surface area contributed by atoms with Crippen LogP contribution in [0.1, 0.15) is 29.8 Å². The van der Waals surface area contributed by atoms with E-state index in [-0.39, 0.29) is 36.3 Å². The van der Waals surface area contributed by atoms with Gasteiger partial charge in [-0.15, -0.1) is 0 Å². The number of likely N-dealkylation sites (N-methyl/N-ethyl adjacent to an activating group) is 1. The van der Waals surface area contributed by atoms with Crippen LogP contribution in [0.2, 0.25) is 0 Å². The lowest BCUT2D eigenvalue weighted by Crippen LogP contribution is -2.44. The van der Waals surface area contributed by atoms with Gasteiger partial charge in [0.15, 0.2) is 0 Å². The van der Waals surface area contributed by atoms with Gasteiger partial charge in [0, 0.05) is 45.0 Å². The number of nitrogens with one attached hydrogen (secondary N) is 2. The second-order valence-corrected chi connectivity index (χ2v) is 8.48. The van der Waals surface area contributed by atoms with Crippen LogP contribution in [-0.2, 0) is 16.0 Å². The molecule has 2 N–H and O–H groups in total. The number of fused-ring (bicyclic) bond motifs is 1. The predicted molar refractivity (Wildman–Crippen MR) is 125 cm³/mol. The first-order valence-corrected chi connectivity index (χ1v) is 11.0. The molecule has 3 atom stereocenters. The summed E-state index contributed by atoms with van der Waals surface area (Å²) in [6.07, 6.45) is 0.196. The predicted octanol–water partition coefficient (Wildman–Crippen LogP) is 2.96. The highest BCUT2D eigenvalue weighted by Gasteiger charge is 2.25. The lowest BCUT2D eigenvalue weighted by Gasteiger charge is -2.30. The van der Waals surface area contributed by atoms with Crippen molar-refractivity contribution >= 4 is 17.5 Å². The fourth-order valence-corrected chi connectivity index (χ4v) is 3.72. The minimum absolute atomic E-state index is 0.0796. The lowest BCUT2D eigenvalue weighted by atomic mass is 10.0. The molecule has 0 bridgehead atoms. The summed E-state index contributed by atoms with van der Waals surface area (Å²) in [5.74, 6) is 0.423. The standard InChI is InChI=1S/C25H33N3O4/c1-17-14-26-18(2)16-32-22-13-20(27-24(29)12-19-8-6-5-7-9-19)10-11-21(22)25(30)28(3)15-23(17)31-4/h5-11,13,17-18,23,26H,12,14-16H2,1-4H3,(H,27,29)/t17-,18-,23+/m1/s1. The number of carbonyl (C=O) groups excluding carboxylic acids is 2. The van der Waals surface area contributed by atoms with Crippen molar-refractivity contribution < 1.29 is 19.1 Å². The van der Waals surface area contributed by atoms with Gasteiger partial charge in [0.05, 0.1) is 18.1 Å². The molecular formula is C25H33N3O4. The van der Waals surface area contributed by atoms with Crippen molar-refractivity contribution in [3.8, 4) is 5.75 Å². The molecule has 7 nitrogen and oxygen atoms in total. The molecule has 0 unspecified atom stereocenters. The molecule has 0 spiro atoms. The molecule has 0 radical (unpaired) electrons. The van der Waals surface area contributed by atoms with Crippen molar-refractivity contribution in [2.75, 3.05) is 39.2 Å². The smallest absolute Gasteiger partial charge is 0.257 e. The fourth-order valence-electron chi connectivity index (χ4n) is 3.72. The highest BCUT2D eigenvalue weighted by molar-refractivity contribution is 5.98. The number of methoxy groups -OCH3 is 1. The Morgan fingerprint density at radius 3 is 2.69 bits per heavy atom. The first-order chi connectivity index (χ1) is 15.4. The summed E-state index contributed by atoms with van der Waals surface area (Å²) in [4.78, 5) is 27.3. The van der Waals surface area contributed by atoms with Gasteiger partial charge in [0.25, 0.3) is 5.91 Å². The van der Waals surface area contributed by atoms with E-state index in [0.29, 0.717) is 30.2 Å². The van der Waals surface area contributed by atoms with Crippen molar-refractivity contribution in [2.45, 2.75) is 32.4 Å². The number of hydrogen-bond acceptors (Lipinski definition) is 5. The summed E-state index contributed by atoms with van der Waals surface area (Å²) in [5, 5.41) is 6.37. The van der Waals surface area contributed by atoms with Crippen LogP contribution in [0.5, 0.6) is 5.75 Å². The Balaban J connectivity index is 1.81. The van der Waals surface area contributed by atoms with Gasteiger partial charge in [0.2, 0.25) is 5.91 Å². The highest BCUT2D eigenvalue weighted by atomic mass is 16.5. The Hall–Kier alpha value is -2.90. The summed E-state index contributed by atoms with van der Waals surface area (Å²) < 4.78 is 11.7. The molecule has 172 valence electrons. The average Bonchev–Trinajstić information content (AvgIpc) is 2.79. The van der Waals surface area contributed by atoms with E-state index < -0.39 is 0 Å². The number of anilines is 1. The van der Waals surface area contributed by atoms with E-state index in [0.717, 1.165) is 12.1 Å². The lowest BCUT2D eigenvalue weighted by molar-refractivity contribution is -0.115. The van der Waals surface area contributed by atoms with Crippen LogP contribution in [-0.4, -0.2) is 62.7 Å². The highest BCUT2D eigenvalue weighted by Crippen LogP contribution is 2.26. The van der Waals surface area contributed by atoms with Gasteiger partial charge in [0.1, 0.15) is 12.4 Å². The zero-order chi connectivity index (χ0) is 23.1. The molecule has 0 fully saturated rings. The molecule has 0 saturated heterocycles. The SMILES string of the molecule is CO[C@H]1CN(C)C(=O)c2ccc(NC(=O)Cc3ccccc3)cc2OC[C@@H](C)NC[C@H]1C. The van der Waals surface area contributed by atoms with Crippen LogP contribution in [0.4, 0.5) is 5.69 Å². The number of amides is 2. The molecular weight excluding hydrogens is 406 g/mol. The first-order valence-electron chi connectivity index (χ1n) is 11.0. The monoisotopic (exact) mass is 439 g/mol. The maximum absolute atomic E-state index is 13.2. The van der Waals surface area contributed by atoms with Gasteiger partial charge in [-0.05, 0) is 30.5 Å². The molecule has 3 rings (SSSR count). The van der Waals surface area contributed by atoms with Crippen molar-refractivity contribution in [1.29, 1.82) is 0 Å². The molecule has 1 aliphatic rings. The molecule has 0 aliphatic carbocycles.